The van der Waals surface area contributed by atoms with Crippen LogP contribution in [0.15, 0.2) is 53.4 Å². The van der Waals surface area contributed by atoms with Crippen molar-refractivity contribution in [1.29, 1.82) is 0 Å². The van der Waals surface area contributed by atoms with E-state index >= 15 is 0 Å². The number of fused-ring (bicyclic) bond motifs is 1. The third-order valence-corrected chi connectivity index (χ3v) is 5.75. The predicted octanol–water partition coefficient (Wildman–Crippen LogP) is 4.43. The molecule has 0 saturated carbocycles. The van der Waals surface area contributed by atoms with Crippen molar-refractivity contribution >= 4 is 29.3 Å². The van der Waals surface area contributed by atoms with Gasteiger partial charge in [-0.1, -0.05) is 37.3 Å². The number of hydrogen-bond acceptors (Lipinski definition) is 3. The third-order valence-electron chi connectivity index (χ3n) is 4.47. The number of carbonyl (C=O) groups is 2. The number of nitrogens with one attached hydrogen (secondary N) is 2. The summed E-state index contributed by atoms with van der Waals surface area (Å²) in [5.74, 6) is -0.617. The van der Waals surface area contributed by atoms with Crippen molar-refractivity contribution in [2.75, 3.05) is 11.9 Å². The topological polar surface area (TPSA) is 58.2 Å². The fraction of sp³-hybridized carbons (Fsp3) is 0.300. The van der Waals surface area contributed by atoms with E-state index < -0.39 is 22.9 Å². The van der Waals surface area contributed by atoms with E-state index in [4.69, 9.17) is 0 Å². The molecular weight excluding hydrogens is 389 g/mol. The van der Waals surface area contributed by atoms with Gasteiger partial charge in [-0.15, -0.1) is 11.8 Å². The molecule has 0 fully saturated rings. The molecule has 2 aromatic rings. The predicted molar refractivity (Wildman–Crippen MR) is 102 cm³/mol. The standard InChI is InChI=1S/C20H19F3N2O2S/c1-12(13-5-3-2-4-6-13)11-24-18(26)10-17-19(27)25-15-9-14(20(21,22)23)7-8-16(15)28-17/h2-9,12,17H,10-11H2,1H3,(H,24,26)(H,25,27). The minimum absolute atomic E-state index is 0.0432. The van der Waals surface area contributed by atoms with Crippen LogP contribution < -0.4 is 10.6 Å². The zero-order valence-electron chi connectivity index (χ0n) is 15.0. The summed E-state index contributed by atoms with van der Waals surface area (Å²) in [4.78, 5) is 25.0. The number of hydrogen-bond donors (Lipinski definition) is 2. The van der Waals surface area contributed by atoms with Crippen LogP contribution in [-0.2, 0) is 15.8 Å². The van der Waals surface area contributed by atoms with Gasteiger partial charge in [0.2, 0.25) is 11.8 Å². The average molecular weight is 408 g/mol. The van der Waals surface area contributed by atoms with E-state index in [0.717, 1.165) is 29.5 Å². The first kappa shape index (κ1) is 20.3. The highest BCUT2D eigenvalue weighted by atomic mass is 32.2. The molecule has 0 aliphatic carbocycles. The zero-order chi connectivity index (χ0) is 20.3. The van der Waals surface area contributed by atoms with Crippen LogP contribution in [0.4, 0.5) is 18.9 Å². The Hall–Kier alpha value is -2.48. The number of anilines is 1. The van der Waals surface area contributed by atoms with Crippen molar-refractivity contribution < 1.29 is 22.8 Å². The van der Waals surface area contributed by atoms with Gasteiger partial charge in [-0.05, 0) is 29.7 Å². The molecule has 2 atom stereocenters. The maximum absolute atomic E-state index is 12.8. The average Bonchev–Trinajstić information content (AvgIpc) is 2.66. The molecule has 2 unspecified atom stereocenters. The van der Waals surface area contributed by atoms with Crippen molar-refractivity contribution in [3.8, 4) is 0 Å². The zero-order valence-corrected chi connectivity index (χ0v) is 15.9. The second-order valence-electron chi connectivity index (χ2n) is 6.62. The fourth-order valence-corrected chi connectivity index (χ4v) is 3.96. The van der Waals surface area contributed by atoms with Crippen LogP contribution in [0.25, 0.3) is 0 Å². The maximum Gasteiger partial charge on any atom is 0.416 e. The molecule has 1 aliphatic rings. The third kappa shape index (κ3) is 4.86. The Balaban J connectivity index is 1.58. The first-order chi connectivity index (χ1) is 13.2. The van der Waals surface area contributed by atoms with Gasteiger partial charge in [0.15, 0.2) is 0 Å². The lowest BCUT2D eigenvalue weighted by atomic mass is 10.0. The van der Waals surface area contributed by atoms with Gasteiger partial charge in [0, 0.05) is 17.9 Å². The number of thioether (sulfide) groups is 1. The summed E-state index contributed by atoms with van der Waals surface area (Å²) in [5.41, 5.74) is 0.402. The fourth-order valence-electron chi connectivity index (χ4n) is 2.87. The molecule has 1 heterocycles. The Morgan fingerprint density at radius 3 is 2.61 bits per heavy atom. The molecule has 2 aromatic carbocycles. The molecule has 1 aliphatic heterocycles. The van der Waals surface area contributed by atoms with Gasteiger partial charge in [-0.25, -0.2) is 0 Å². The molecule has 4 nitrogen and oxygen atoms in total. The molecule has 2 N–H and O–H groups in total. The van der Waals surface area contributed by atoms with Crippen LogP contribution in [0.1, 0.15) is 30.4 Å². The van der Waals surface area contributed by atoms with Gasteiger partial charge in [0.1, 0.15) is 0 Å². The Kier molecular flexibility index (Phi) is 5.98. The number of rotatable bonds is 5. The largest absolute Gasteiger partial charge is 0.416 e. The van der Waals surface area contributed by atoms with Crippen molar-refractivity contribution in [2.45, 2.75) is 35.6 Å². The lowest BCUT2D eigenvalue weighted by molar-refractivity contribution is -0.137. The molecule has 148 valence electrons. The number of alkyl halides is 3. The maximum atomic E-state index is 12.8. The lowest BCUT2D eigenvalue weighted by Gasteiger charge is -2.24. The Labute approximate surface area is 164 Å². The number of benzene rings is 2. The highest BCUT2D eigenvalue weighted by Gasteiger charge is 2.34. The Morgan fingerprint density at radius 1 is 1.21 bits per heavy atom. The lowest BCUT2D eigenvalue weighted by Crippen LogP contribution is -2.36. The minimum atomic E-state index is -4.48. The van der Waals surface area contributed by atoms with Gasteiger partial charge in [0.25, 0.3) is 0 Å². The smallest absolute Gasteiger partial charge is 0.355 e. The van der Waals surface area contributed by atoms with Crippen molar-refractivity contribution in [1.82, 2.24) is 5.32 Å². The van der Waals surface area contributed by atoms with E-state index in [1.54, 1.807) is 0 Å². The van der Waals surface area contributed by atoms with Gasteiger partial charge in [0.05, 0.1) is 16.5 Å². The first-order valence-corrected chi connectivity index (χ1v) is 9.62. The molecular formula is C20H19F3N2O2S. The van der Waals surface area contributed by atoms with Gasteiger partial charge in [-0.2, -0.15) is 13.2 Å². The first-order valence-electron chi connectivity index (χ1n) is 8.74. The highest BCUT2D eigenvalue weighted by molar-refractivity contribution is 8.01. The summed E-state index contributed by atoms with van der Waals surface area (Å²) in [6, 6.07) is 12.9. The van der Waals surface area contributed by atoms with Crippen molar-refractivity contribution in [3.63, 3.8) is 0 Å². The summed E-state index contributed by atoms with van der Waals surface area (Å²) < 4.78 is 38.4. The molecule has 0 spiro atoms. The van der Waals surface area contributed by atoms with Crippen LogP contribution in [-0.4, -0.2) is 23.6 Å². The Morgan fingerprint density at radius 2 is 1.93 bits per heavy atom. The second kappa shape index (κ2) is 8.26. The van der Waals surface area contributed by atoms with E-state index in [-0.39, 0.29) is 23.9 Å². The van der Waals surface area contributed by atoms with E-state index in [0.29, 0.717) is 11.4 Å². The van der Waals surface area contributed by atoms with Crippen molar-refractivity contribution in [3.05, 3.63) is 59.7 Å². The summed E-state index contributed by atoms with van der Waals surface area (Å²) in [5, 5.41) is 4.62. The summed E-state index contributed by atoms with van der Waals surface area (Å²) in [6.07, 6.45) is -4.52. The monoisotopic (exact) mass is 408 g/mol. The quantitative estimate of drug-likeness (QED) is 0.770. The summed E-state index contributed by atoms with van der Waals surface area (Å²) in [7, 11) is 0. The molecule has 0 radical (unpaired) electrons. The van der Waals surface area contributed by atoms with E-state index in [2.05, 4.69) is 10.6 Å². The Bertz CT molecular complexity index is 871. The minimum Gasteiger partial charge on any atom is -0.355 e. The van der Waals surface area contributed by atoms with Crippen LogP contribution in [0.3, 0.4) is 0 Å². The molecule has 0 bridgehead atoms. The van der Waals surface area contributed by atoms with Crippen LogP contribution >= 0.6 is 11.8 Å². The number of carbonyl (C=O) groups excluding carboxylic acids is 2. The van der Waals surface area contributed by atoms with Gasteiger partial charge < -0.3 is 10.6 Å². The number of amides is 2. The van der Waals surface area contributed by atoms with E-state index in [9.17, 15) is 22.8 Å². The van der Waals surface area contributed by atoms with Gasteiger partial charge in [-0.3, -0.25) is 9.59 Å². The molecule has 3 rings (SSSR count). The normalized spacial score (nSPS) is 17.4. The molecule has 2 amide bonds. The molecule has 0 aromatic heterocycles. The molecule has 28 heavy (non-hydrogen) atoms. The molecule has 0 saturated heterocycles. The summed E-state index contributed by atoms with van der Waals surface area (Å²) >= 11 is 1.10. The van der Waals surface area contributed by atoms with Crippen LogP contribution in [0.2, 0.25) is 0 Å². The molecule has 8 heteroatoms. The SMILES string of the molecule is CC(CNC(=O)CC1Sc2ccc(C(F)(F)F)cc2NC1=O)c1ccccc1. The van der Waals surface area contributed by atoms with E-state index in [1.165, 1.54) is 6.07 Å². The van der Waals surface area contributed by atoms with Crippen LogP contribution in [0.5, 0.6) is 0 Å². The van der Waals surface area contributed by atoms with Crippen LogP contribution in [0, 0.1) is 0 Å². The van der Waals surface area contributed by atoms with Crippen molar-refractivity contribution in [2.24, 2.45) is 0 Å². The van der Waals surface area contributed by atoms with Gasteiger partial charge >= 0.3 is 6.18 Å². The highest BCUT2D eigenvalue weighted by Crippen LogP contribution is 2.40. The summed E-state index contributed by atoms with van der Waals surface area (Å²) in [6.45, 7) is 2.43. The van der Waals surface area contributed by atoms with E-state index in [1.807, 2.05) is 37.3 Å². The second-order valence-corrected chi connectivity index (χ2v) is 7.87. The number of halogens is 3.